The van der Waals surface area contributed by atoms with Crippen LogP contribution in [0.3, 0.4) is 0 Å². The van der Waals surface area contributed by atoms with Crippen molar-refractivity contribution in [2.45, 2.75) is 83.3 Å². The van der Waals surface area contributed by atoms with E-state index in [2.05, 4.69) is 19.9 Å². The van der Waals surface area contributed by atoms with E-state index in [9.17, 15) is 10.2 Å². The molecule has 2 heteroatoms. The summed E-state index contributed by atoms with van der Waals surface area (Å²) in [4.78, 5) is 0. The minimum Gasteiger partial charge on any atom is -0.393 e. The minimum absolute atomic E-state index is 0.135. The van der Waals surface area contributed by atoms with Gasteiger partial charge in [-0.05, 0) is 80.5 Å². The summed E-state index contributed by atoms with van der Waals surface area (Å²) < 4.78 is 0. The maximum atomic E-state index is 11.5. The standard InChI is InChI=1S/C19H30O2/c1-17-8-3-9-19(17,21)16-5-4-13-12-14(20)6-11-18(13,2)15(16)7-10-17/h4,14-16,20-21H,3,5-12H2,1-2H3/t14-,15-,16+,17-,18+,19+/m1/s1. The lowest BCUT2D eigenvalue weighted by atomic mass is 9.46. The molecule has 4 rings (SSSR count). The summed E-state index contributed by atoms with van der Waals surface area (Å²) in [5.41, 5.74) is 1.45. The molecule has 0 radical (unpaired) electrons. The van der Waals surface area contributed by atoms with Gasteiger partial charge in [-0.2, -0.15) is 0 Å². The first-order valence-electron chi connectivity index (χ1n) is 8.99. The van der Waals surface area contributed by atoms with Crippen LogP contribution in [0.25, 0.3) is 0 Å². The van der Waals surface area contributed by atoms with E-state index < -0.39 is 5.60 Å². The van der Waals surface area contributed by atoms with E-state index in [1.54, 1.807) is 0 Å². The Morgan fingerprint density at radius 1 is 1.05 bits per heavy atom. The van der Waals surface area contributed by atoms with E-state index in [-0.39, 0.29) is 16.9 Å². The van der Waals surface area contributed by atoms with Gasteiger partial charge >= 0.3 is 0 Å². The number of allylic oxidation sites excluding steroid dienone is 1. The zero-order chi connectivity index (χ0) is 14.9. The molecular formula is C19H30O2. The van der Waals surface area contributed by atoms with Crippen LogP contribution in [-0.2, 0) is 0 Å². The molecule has 0 aromatic heterocycles. The van der Waals surface area contributed by atoms with Gasteiger partial charge in [0.05, 0.1) is 11.7 Å². The van der Waals surface area contributed by atoms with E-state index in [4.69, 9.17) is 0 Å². The van der Waals surface area contributed by atoms with Crippen LogP contribution >= 0.6 is 0 Å². The van der Waals surface area contributed by atoms with Gasteiger partial charge in [0.1, 0.15) is 0 Å². The maximum absolute atomic E-state index is 11.5. The third kappa shape index (κ3) is 1.72. The van der Waals surface area contributed by atoms with Crippen molar-refractivity contribution >= 4 is 0 Å². The van der Waals surface area contributed by atoms with Crippen LogP contribution in [0.5, 0.6) is 0 Å². The van der Waals surface area contributed by atoms with E-state index in [0.29, 0.717) is 11.8 Å². The summed E-state index contributed by atoms with van der Waals surface area (Å²) in [5, 5.41) is 21.6. The third-order valence-corrected chi connectivity index (χ3v) is 8.06. The van der Waals surface area contributed by atoms with Crippen molar-refractivity contribution in [3.63, 3.8) is 0 Å². The third-order valence-electron chi connectivity index (χ3n) is 8.06. The fourth-order valence-corrected chi connectivity index (χ4v) is 6.60. The molecule has 0 aromatic rings. The first kappa shape index (κ1) is 14.3. The molecule has 0 saturated heterocycles. The predicted molar refractivity (Wildman–Crippen MR) is 83.8 cm³/mol. The summed E-state index contributed by atoms with van der Waals surface area (Å²) in [7, 11) is 0. The maximum Gasteiger partial charge on any atom is 0.0735 e. The van der Waals surface area contributed by atoms with Crippen molar-refractivity contribution in [3.8, 4) is 0 Å². The molecule has 6 atom stereocenters. The van der Waals surface area contributed by atoms with Crippen molar-refractivity contribution in [1.82, 2.24) is 0 Å². The van der Waals surface area contributed by atoms with Crippen LogP contribution in [0.4, 0.5) is 0 Å². The molecule has 21 heavy (non-hydrogen) atoms. The summed E-state index contributed by atoms with van der Waals surface area (Å²) in [6.07, 6.45) is 12.1. The molecule has 0 heterocycles. The van der Waals surface area contributed by atoms with Crippen LogP contribution in [0.1, 0.15) is 71.6 Å². The molecule has 2 N–H and O–H groups in total. The quantitative estimate of drug-likeness (QED) is 0.666. The number of rotatable bonds is 0. The Labute approximate surface area is 128 Å². The Morgan fingerprint density at radius 3 is 2.67 bits per heavy atom. The Balaban J connectivity index is 1.73. The predicted octanol–water partition coefficient (Wildman–Crippen LogP) is 3.82. The molecule has 118 valence electrons. The van der Waals surface area contributed by atoms with Crippen molar-refractivity contribution in [2.24, 2.45) is 22.7 Å². The van der Waals surface area contributed by atoms with Crippen molar-refractivity contribution in [1.29, 1.82) is 0 Å². The number of aliphatic hydroxyl groups excluding tert-OH is 1. The average Bonchev–Trinajstić information content (AvgIpc) is 2.75. The van der Waals surface area contributed by atoms with Crippen LogP contribution < -0.4 is 0 Å². The van der Waals surface area contributed by atoms with Gasteiger partial charge < -0.3 is 10.2 Å². The molecule has 2 nitrogen and oxygen atoms in total. The number of hydrogen-bond acceptors (Lipinski definition) is 2. The molecule has 0 aromatic carbocycles. The summed E-state index contributed by atoms with van der Waals surface area (Å²) in [6.45, 7) is 4.75. The van der Waals surface area contributed by atoms with Crippen LogP contribution in [-0.4, -0.2) is 21.9 Å². The average molecular weight is 290 g/mol. The first-order chi connectivity index (χ1) is 9.89. The zero-order valence-electron chi connectivity index (χ0n) is 13.6. The van der Waals surface area contributed by atoms with E-state index in [1.807, 2.05) is 0 Å². The normalized spacial score (nSPS) is 56.2. The van der Waals surface area contributed by atoms with Crippen molar-refractivity contribution in [2.75, 3.05) is 0 Å². The SMILES string of the molecule is C[C@]12CCC[C@]1(O)[C@H]1CC=C3C[C@H](O)CC[C@]3(C)[C@@H]1CC2. The van der Waals surface area contributed by atoms with Crippen LogP contribution in [0.15, 0.2) is 11.6 Å². The van der Waals surface area contributed by atoms with Gasteiger partial charge in [0.2, 0.25) is 0 Å². The topological polar surface area (TPSA) is 40.5 Å². The Bertz CT molecular complexity index is 484. The van der Waals surface area contributed by atoms with Gasteiger partial charge in [-0.1, -0.05) is 25.5 Å². The zero-order valence-corrected chi connectivity index (χ0v) is 13.6. The smallest absolute Gasteiger partial charge is 0.0735 e. The lowest BCUT2D eigenvalue weighted by Crippen LogP contribution is -2.59. The van der Waals surface area contributed by atoms with Crippen LogP contribution in [0, 0.1) is 22.7 Å². The summed E-state index contributed by atoms with van der Waals surface area (Å²) >= 11 is 0. The van der Waals surface area contributed by atoms with E-state index in [1.165, 1.54) is 31.3 Å². The van der Waals surface area contributed by atoms with Gasteiger partial charge in [0.15, 0.2) is 0 Å². The largest absolute Gasteiger partial charge is 0.393 e. The first-order valence-corrected chi connectivity index (χ1v) is 8.99. The van der Waals surface area contributed by atoms with Gasteiger partial charge in [0, 0.05) is 0 Å². The van der Waals surface area contributed by atoms with Gasteiger partial charge in [-0.15, -0.1) is 0 Å². The Hall–Kier alpha value is -0.340. The highest BCUT2D eigenvalue weighted by Gasteiger charge is 2.63. The second kappa shape index (κ2) is 4.35. The fourth-order valence-electron chi connectivity index (χ4n) is 6.60. The monoisotopic (exact) mass is 290 g/mol. The highest BCUT2D eigenvalue weighted by atomic mass is 16.3. The van der Waals surface area contributed by atoms with Crippen molar-refractivity contribution in [3.05, 3.63) is 11.6 Å². The highest BCUT2D eigenvalue weighted by Crippen LogP contribution is 2.66. The fraction of sp³-hybridized carbons (Fsp3) is 0.895. The lowest BCUT2D eigenvalue weighted by Gasteiger charge is -2.60. The number of hydrogen-bond donors (Lipinski definition) is 2. The molecule has 4 aliphatic carbocycles. The molecule has 0 spiro atoms. The van der Waals surface area contributed by atoms with E-state index in [0.717, 1.165) is 32.1 Å². The van der Waals surface area contributed by atoms with Crippen LogP contribution in [0.2, 0.25) is 0 Å². The van der Waals surface area contributed by atoms with Crippen molar-refractivity contribution < 1.29 is 10.2 Å². The van der Waals surface area contributed by atoms with Gasteiger partial charge in [-0.3, -0.25) is 0 Å². The molecule has 0 unspecified atom stereocenters. The minimum atomic E-state index is -0.434. The Kier molecular flexibility index (Phi) is 2.96. The van der Waals surface area contributed by atoms with E-state index >= 15 is 0 Å². The molecule has 0 bridgehead atoms. The highest BCUT2D eigenvalue weighted by molar-refractivity contribution is 5.27. The summed E-state index contributed by atoms with van der Waals surface area (Å²) in [6, 6.07) is 0. The second-order valence-corrected chi connectivity index (χ2v) is 8.87. The lowest BCUT2D eigenvalue weighted by molar-refractivity contribution is -0.168. The van der Waals surface area contributed by atoms with Gasteiger partial charge in [0.25, 0.3) is 0 Å². The summed E-state index contributed by atoms with van der Waals surface area (Å²) in [5.74, 6) is 1.07. The molecule has 0 aliphatic heterocycles. The number of aliphatic hydroxyl groups is 2. The second-order valence-electron chi connectivity index (χ2n) is 8.87. The molecule has 0 amide bonds. The molecular weight excluding hydrogens is 260 g/mol. The molecule has 3 saturated carbocycles. The van der Waals surface area contributed by atoms with Gasteiger partial charge in [-0.25, -0.2) is 0 Å². The number of fused-ring (bicyclic) bond motifs is 5. The molecule has 4 aliphatic rings. The Morgan fingerprint density at radius 2 is 1.86 bits per heavy atom. The molecule has 3 fully saturated rings.